The largest absolute Gasteiger partial charge is 0.349 e. The Balaban J connectivity index is 0.00000180. The van der Waals surface area contributed by atoms with Crippen molar-refractivity contribution in [1.82, 2.24) is 10.6 Å². The minimum Gasteiger partial charge on any atom is -0.349 e. The lowest BCUT2D eigenvalue weighted by atomic mass is 10.1. The number of benzene rings is 1. The number of carbonyl (C=O) groups is 1. The fourth-order valence-electron chi connectivity index (χ4n) is 1.93. The van der Waals surface area contributed by atoms with E-state index in [2.05, 4.69) is 26.6 Å². The lowest BCUT2D eigenvalue weighted by Gasteiger charge is -2.23. The minimum atomic E-state index is -0.602. The van der Waals surface area contributed by atoms with Crippen LogP contribution in [0.4, 0.5) is 4.39 Å². The molecule has 1 saturated heterocycles. The third-order valence-electron chi connectivity index (χ3n) is 2.93. The summed E-state index contributed by atoms with van der Waals surface area (Å²) in [4.78, 5) is 12.0. The Labute approximate surface area is 130 Å². The highest BCUT2D eigenvalue weighted by molar-refractivity contribution is 9.10. The lowest BCUT2D eigenvalue weighted by Crippen LogP contribution is -2.42. The van der Waals surface area contributed by atoms with E-state index in [4.69, 9.17) is 11.6 Å². The predicted molar refractivity (Wildman–Crippen MR) is 79.7 cm³/mol. The number of halogens is 4. The summed E-state index contributed by atoms with van der Waals surface area (Å²) < 4.78 is 14.2. The monoisotopic (exact) mass is 370 g/mol. The first kappa shape index (κ1) is 16.7. The van der Waals surface area contributed by atoms with Crippen molar-refractivity contribution in [3.8, 4) is 0 Å². The van der Waals surface area contributed by atoms with Crippen molar-refractivity contribution < 1.29 is 9.18 Å². The molecule has 1 aromatic rings. The lowest BCUT2D eigenvalue weighted by molar-refractivity contribution is 0.0925. The van der Waals surface area contributed by atoms with Gasteiger partial charge in [-0.1, -0.05) is 11.6 Å². The van der Waals surface area contributed by atoms with Crippen molar-refractivity contribution >= 4 is 45.8 Å². The summed E-state index contributed by atoms with van der Waals surface area (Å²) >= 11 is 8.94. The van der Waals surface area contributed by atoms with E-state index in [0.29, 0.717) is 4.47 Å². The molecule has 0 atom stereocenters. The highest BCUT2D eigenvalue weighted by Crippen LogP contribution is 2.25. The van der Waals surface area contributed by atoms with Crippen molar-refractivity contribution in [2.75, 3.05) is 13.1 Å². The van der Waals surface area contributed by atoms with Gasteiger partial charge in [0.2, 0.25) is 0 Å². The smallest absolute Gasteiger partial charge is 0.254 e. The van der Waals surface area contributed by atoms with Gasteiger partial charge in [0, 0.05) is 10.5 Å². The zero-order valence-electron chi connectivity index (χ0n) is 10.0. The van der Waals surface area contributed by atoms with Crippen molar-refractivity contribution in [2.45, 2.75) is 18.9 Å². The highest BCUT2D eigenvalue weighted by atomic mass is 79.9. The maximum absolute atomic E-state index is 13.7. The average molecular weight is 372 g/mol. The number of amides is 1. The molecule has 0 unspecified atom stereocenters. The molecule has 0 aliphatic carbocycles. The second kappa shape index (κ2) is 7.43. The van der Waals surface area contributed by atoms with Crippen LogP contribution in [0, 0.1) is 5.82 Å². The molecule has 1 aromatic carbocycles. The molecule has 0 aromatic heterocycles. The van der Waals surface area contributed by atoms with Gasteiger partial charge in [0.1, 0.15) is 5.82 Å². The van der Waals surface area contributed by atoms with Gasteiger partial charge >= 0.3 is 0 Å². The number of nitrogens with one attached hydrogen (secondary N) is 2. The molecule has 2 rings (SSSR count). The third kappa shape index (κ3) is 4.31. The van der Waals surface area contributed by atoms with Crippen LogP contribution in [-0.2, 0) is 0 Å². The van der Waals surface area contributed by atoms with Crippen molar-refractivity contribution in [3.05, 3.63) is 33.0 Å². The summed E-state index contributed by atoms with van der Waals surface area (Å²) in [6, 6.07) is 2.66. The predicted octanol–water partition coefficient (Wildman–Crippen LogP) is 3.15. The van der Waals surface area contributed by atoms with Crippen LogP contribution in [0.2, 0.25) is 5.02 Å². The first-order valence-corrected chi connectivity index (χ1v) is 6.91. The number of rotatable bonds is 2. The average Bonchev–Trinajstić information content (AvgIpc) is 2.35. The van der Waals surface area contributed by atoms with Crippen molar-refractivity contribution in [1.29, 1.82) is 0 Å². The van der Waals surface area contributed by atoms with E-state index in [1.165, 1.54) is 6.07 Å². The number of hydrogen-bond acceptors (Lipinski definition) is 2. The molecule has 7 heteroatoms. The first-order chi connectivity index (χ1) is 8.58. The standard InChI is InChI=1S/C12H13BrClFN2O.ClH/c13-9-5-8(11(15)6-10(9)14)12(18)17-7-1-3-16-4-2-7;/h5-7,16H,1-4H2,(H,17,18);1H. The molecule has 0 radical (unpaired) electrons. The maximum Gasteiger partial charge on any atom is 0.254 e. The molecule has 1 fully saturated rings. The molecule has 2 N–H and O–H groups in total. The summed E-state index contributed by atoms with van der Waals surface area (Å²) in [7, 11) is 0. The van der Waals surface area contributed by atoms with Crippen LogP contribution >= 0.6 is 39.9 Å². The molecule has 0 bridgehead atoms. The van der Waals surface area contributed by atoms with Crippen LogP contribution in [-0.4, -0.2) is 25.0 Å². The molecule has 0 saturated carbocycles. The Morgan fingerprint density at radius 1 is 1.42 bits per heavy atom. The first-order valence-electron chi connectivity index (χ1n) is 5.74. The summed E-state index contributed by atoms with van der Waals surface area (Å²) in [6.45, 7) is 1.75. The van der Waals surface area contributed by atoms with E-state index in [0.717, 1.165) is 32.0 Å². The summed E-state index contributed by atoms with van der Waals surface area (Å²) in [6.07, 6.45) is 1.73. The van der Waals surface area contributed by atoms with Crippen molar-refractivity contribution in [2.24, 2.45) is 0 Å². The Morgan fingerprint density at radius 2 is 2.05 bits per heavy atom. The molecule has 0 spiro atoms. The van der Waals surface area contributed by atoms with Gasteiger partial charge in [0.05, 0.1) is 10.6 Å². The summed E-state index contributed by atoms with van der Waals surface area (Å²) in [5.74, 6) is -0.994. The SMILES string of the molecule is Cl.O=C(NC1CCNCC1)c1cc(Br)c(Cl)cc1F. The van der Waals surface area contributed by atoms with Crippen LogP contribution in [0.25, 0.3) is 0 Å². The van der Waals surface area contributed by atoms with E-state index in [1.807, 2.05) is 0 Å². The van der Waals surface area contributed by atoms with E-state index in [-0.39, 0.29) is 29.0 Å². The van der Waals surface area contributed by atoms with Gasteiger partial charge in [-0.25, -0.2) is 4.39 Å². The molecule has 1 heterocycles. The van der Waals surface area contributed by atoms with Crippen LogP contribution in [0.1, 0.15) is 23.2 Å². The molecule has 106 valence electrons. The topological polar surface area (TPSA) is 41.1 Å². The van der Waals surface area contributed by atoms with Gasteiger partial charge in [-0.3, -0.25) is 4.79 Å². The van der Waals surface area contributed by atoms with E-state index >= 15 is 0 Å². The van der Waals surface area contributed by atoms with Gasteiger partial charge in [-0.2, -0.15) is 0 Å². The van der Waals surface area contributed by atoms with Gasteiger partial charge < -0.3 is 10.6 Å². The zero-order chi connectivity index (χ0) is 13.1. The second-order valence-electron chi connectivity index (χ2n) is 4.24. The van der Waals surface area contributed by atoms with Crippen LogP contribution in [0.15, 0.2) is 16.6 Å². The fraction of sp³-hybridized carbons (Fsp3) is 0.417. The molecule has 1 amide bonds. The van der Waals surface area contributed by atoms with E-state index < -0.39 is 11.7 Å². The highest BCUT2D eigenvalue weighted by Gasteiger charge is 2.19. The van der Waals surface area contributed by atoms with Gasteiger partial charge in [0.25, 0.3) is 5.91 Å². The molecule has 19 heavy (non-hydrogen) atoms. The van der Waals surface area contributed by atoms with Crippen LogP contribution < -0.4 is 10.6 Å². The molecule has 1 aliphatic rings. The van der Waals surface area contributed by atoms with Crippen LogP contribution in [0.5, 0.6) is 0 Å². The number of carbonyl (C=O) groups excluding carboxylic acids is 1. The van der Waals surface area contributed by atoms with Gasteiger partial charge in [0.15, 0.2) is 0 Å². The fourth-order valence-corrected chi connectivity index (χ4v) is 2.42. The Bertz CT molecular complexity index is 467. The van der Waals surface area contributed by atoms with Gasteiger partial charge in [-0.05, 0) is 54.0 Å². The van der Waals surface area contributed by atoms with E-state index in [1.54, 1.807) is 0 Å². The maximum atomic E-state index is 13.7. The Hall–Kier alpha value is -0.360. The molecular weight excluding hydrogens is 358 g/mol. The third-order valence-corrected chi connectivity index (χ3v) is 4.13. The van der Waals surface area contributed by atoms with Crippen molar-refractivity contribution in [3.63, 3.8) is 0 Å². The van der Waals surface area contributed by atoms with E-state index in [9.17, 15) is 9.18 Å². The molecule has 3 nitrogen and oxygen atoms in total. The number of hydrogen-bond donors (Lipinski definition) is 2. The Kier molecular flexibility index (Phi) is 6.53. The minimum absolute atomic E-state index is 0. The van der Waals surface area contributed by atoms with Gasteiger partial charge in [-0.15, -0.1) is 12.4 Å². The second-order valence-corrected chi connectivity index (χ2v) is 5.51. The Morgan fingerprint density at radius 3 is 2.68 bits per heavy atom. The quantitative estimate of drug-likeness (QED) is 0.784. The van der Waals surface area contributed by atoms with Crippen LogP contribution in [0.3, 0.4) is 0 Å². The summed E-state index contributed by atoms with van der Waals surface area (Å²) in [5.41, 5.74) is 0.0183. The normalized spacial score (nSPS) is 15.7. The zero-order valence-corrected chi connectivity index (χ0v) is 13.2. The summed E-state index contributed by atoms with van der Waals surface area (Å²) in [5, 5.41) is 6.30. The number of piperidine rings is 1. The molecular formula is C12H14BrCl2FN2O. The molecule has 1 aliphatic heterocycles.